The molecule has 0 aliphatic carbocycles. The number of nitrogens with one attached hydrogen (secondary N) is 3. The van der Waals surface area contributed by atoms with Crippen LogP contribution in [0.4, 0.5) is 11.6 Å². The SMILES string of the molecule is O=C(NNC(=O)c1ccc2ccccc2c1)c1ccc(Nc2nc(-c3ccccc3)n(-c3ccccc3)n2)cc1. The van der Waals surface area contributed by atoms with Crippen LogP contribution in [0.5, 0.6) is 0 Å². The van der Waals surface area contributed by atoms with E-state index in [1.807, 2.05) is 91.0 Å². The number of carbonyl (C=O) groups excluding carboxylic acids is 2. The highest BCUT2D eigenvalue weighted by atomic mass is 16.2. The van der Waals surface area contributed by atoms with Gasteiger partial charge < -0.3 is 5.32 Å². The third kappa shape index (κ3) is 5.27. The van der Waals surface area contributed by atoms with Crippen LogP contribution in [0, 0.1) is 0 Å². The monoisotopic (exact) mass is 524 g/mol. The second kappa shape index (κ2) is 10.9. The summed E-state index contributed by atoms with van der Waals surface area (Å²) in [6, 6.07) is 39.6. The van der Waals surface area contributed by atoms with E-state index in [-0.39, 0.29) is 0 Å². The lowest BCUT2D eigenvalue weighted by atomic mass is 10.1. The van der Waals surface area contributed by atoms with Crippen LogP contribution in [-0.4, -0.2) is 26.6 Å². The van der Waals surface area contributed by atoms with Crippen LogP contribution >= 0.6 is 0 Å². The van der Waals surface area contributed by atoms with Gasteiger partial charge in [-0.2, -0.15) is 4.98 Å². The fourth-order valence-corrected chi connectivity index (χ4v) is 4.31. The maximum Gasteiger partial charge on any atom is 0.269 e. The largest absolute Gasteiger partial charge is 0.323 e. The molecule has 8 nitrogen and oxygen atoms in total. The van der Waals surface area contributed by atoms with E-state index in [2.05, 4.69) is 21.3 Å². The fourth-order valence-electron chi connectivity index (χ4n) is 4.31. The van der Waals surface area contributed by atoms with Gasteiger partial charge in [0.2, 0.25) is 5.95 Å². The van der Waals surface area contributed by atoms with Gasteiger partial charge in [0, 0.05) is 22.4 Å². The number of carbonyl (C=O) groups is 2. The summed E-state index contributed by atoms with van der Waals surface area (Å²) in [5.41, 5.74) is 8.33. The summed E-state index contributed by atoms with van der Waals surface area (Å²) in [7, 11) is 0. The Balaban J connectivity index is 1.13. The van der Waals surface area contributed by atoms with Gasteiger partial charge in [0.05, 0.1) is 5.69 Å². The zero-order valence-corrected chi connectivity index (χ0v) is 21.3. The highest BCUT2D eigenvalue weighted by Crippen LogP contribution is 2.24. The molecule has 1 aromatic heterocycles. The number of hydrogen-bond donors (Lipinski definition) is 3. The lowest BCUT2D eigenvalue weighted by Gasteiger charge is -2.09. The van der Waals surface area contributed by atoms with Crippen LogP contribution in [0.3, 0.4) is 0 Å². The van der Waals surface area contributed by atoms with Crippen LogP contribution in [0.15, 0.2) is 127 Å². The van der Waals surface area contributed by atoms with Gasteiger partial charge in [-0.3, -0.25) is 20.4 Å². The van der Waals surface area contributed by atoms with Gasteiger partial charge in [0.1, 0.15) is 0 Å². The average molecular weight is 525 g/mol. The Morgan fingerprint density at radius 3 is 1.93 bits per heavy atom. The lowest BCUT2D eigenvalue weighted by Crippen LogP contribution is -2.41. The summed E-state index contributed by atoms with van der Waals surface area (Å²) in [5.74, 6) is 0.292. The van der Waals surface area contributed by atoms with E-state index in [9.17, 15) is 9.59 Å². The van der Waals surface area contributed by atoms with E-state index in [0.29, 0.717) is 28.6 Å². The third-order valence-electron chi connectivity index (χ3n) is 6.34. The summed E-state index contributed by atoms with van der Waals surface area (Å²) in [6.07, 6.45) is 0. The molecule has 8 heteroatoms. The maximum absolute atomic E-state index is 12.6. The molecule has 6 rings (SSSR count). The summed E-state index contributed by atoms with van der Waals surface area (Å²) < 4.78 is 1.79. The Bertz CT molecular complexity index is 1740. The second-order valence-corrected chi connectivity index (χ2v) is 9.04. The van der Waals surface area contributed by atoms with Crippen molar-refractivity contribution >= 4 is 34.2 Å². The van der Waals surface area contributed by atoms with E-state index in [4.69, 9.17) is 4.98 Å². The molecular formula is C32H24N6O2. The molecule has 3 N–H and O–H groups in total. The zero-order chi connectivity index (χ0) is 27.3. The fraction of sp³-hybridized carbons (Fsp3) is 0. The summed E-state index contributed by atoms with van der Waals surface area (Å²) in [4.78, 5) is 29.9. The van der Waals surface area contributed by atoms with Crippen molar-refractivity contribution in [2.75, 3.05) is 5.32 Å². The summed E-state index contributed by atoms with van der Waals surface area (Å²) in [6.45, 7) is 0. The molecule has 0 atom stereocenters. The van der Waals surface area contributed by atoms with Crippen molar-refractivity contribution in [1.82, 2.24) is 25.6 Å². The first-order valence-electron chi connectivity index (χ1n) is 12.7. The molecule has 0 unspecified atom stereocenters. The Labute approximate surface area is 230 Å². The molecule has 1 heterocycles. The predicted molar refractivity (Wildman–Crippen MR) is 155 cm³/mol. The summed E-state index contributed by atoms with van der Waals surface area (Å²) in [5, 5.41) is 9.87. The molecular weight excluding hydrogens is 500 g/mol. The number of fused-ring (bicyclic) bond motifs is 1. The number of hydrogen-bond acceptors (Lipinski definition) is 5. The van der Waals surface area contributed by atoms with Crippen LogP contribution in [-0.2, 0) is 0 Å². The van der Waals surface area contributed by atoms with Crippen LogP contribution < -0.4 is 16.2 Å². The predicted octanol–water partition coefficient (Wildman–Crippen LogP) is 5.91. The molecule has 0 saturated carbocycles. The van der Waals surface area contributed by atoms with Gasteiger partial charge in [0.25, 0.3) is 11.8 Å². The van der Waals surface area contributed by atoms with Crippen molar-refractivity contribution in [3.05, 3.63) is 139 Å². The smallest absolute Gasteiger partial charge is 0.269 e. The molecule has 2 amide bonds. The van der Waals surface area contributed by atoms with Crippen LogP contribution in [0.25, 0.3) is 27.8 Å². The normalized spacial score (nSPS) is 10.7. The molecule has 0 saturated heterocycles. The topological polar surface area (TPSA) is 101 Å². The molecule has 0 aliphatic rings. The van der Waals surface area contributed by atoms with E-state index in [1.165, 1.54) is 0 Å². The second-order valence-electron chi connectivity index (χ2n) is 9.04. The Hall–Kier alpha value is -5.76. The average Bonchev–Trinajstić information content (AvgIpc) is 3.44. The van der Waals surface area contributed by atoms with E-state index >= 15 is 0 Å². The molecule has 6 aromatic rings. The minimum atomic E-state index is -0.432. The molecule has 194 valence electrons. The quantitative estimate of drug-likeness (QED) is 0.235. The van der Waals surface area contributed by atoms with Crippen LogP contribution in [0.2, 0.25) is 0 Å². The van der Waals surface area contributed by atoms with Crippen molar-refractivity contribution in [2.24, 2.45) is 0 Å². The van der Waals surface area contributed by atoms with E-state index in [1.54, 1.807) is 41.1 Å². The molecule has 5 aromatic carbocycles. The van der Waals surface area contributed by atoms with Gasteiger partial charge in [-0.1, -0.05) is 78.9 Å². The molecule has 0 radical (unpaired) electrons. The van der Waals surface area contributed by atoms with Crippen molar-refractivity contribution in [2.45, 2.75) is 0 Å². The number of rotatable bonds is 6. The minimum absolute atomic E-state index is 0.386. The number of aromatic nitrogens is 3. The van der Waals surface area contributed by atoms with E-state index in [0.717, 1.165) is 22.0 Å². The third-order valence-corrected chi connectivity index (χ3v) is 6.34. The number of hydrazine groups is 1. The Morgan fingerprint density at radius 1 is 0.600 bits per heavy atom. The van der Waals surface area contributed by atoms with E-state index < -0.39 is 11.8 Å². The van der Waals surface area contributed by atoms with Crippen molar-refractivity contribution in [1.29, 1.82) is 0 Å². The first-order valence-corrected chi connectivity index (χ1v) is 12.7. The van der Waals surface area contributed by atoms with Gasteiger partial charge in [-0.05, 0) is 59.3 Å². The highest BCUT2D eigenvalue weighted by Gasteiger charge is 2.14. The number of amides is 2. The van der Waals surface area contributed by atoms with Gasteiger partial charge in [-0.25, -0.2) is 4.68 Å². The molecule has 0 aliphatic heterocycles. The lowest BCUT2D eigenvalue weighted by molar-refractivity contribution is 0.0847. The first kappa shape index (κ1) is 24.6. The molecule has 0 fully saturated rings. The molecule has 40 heavy (non-hydrogen) atoms. The van der Waals surface area contributed by atoms with Crippen molar-refractivity contribution in [3.8, 4) is 17.1 Å². The number of benzene rings is 5. The van der Waals surface area contributed by atoms with Gasteiger partial charge in [-0.15, -0.1) is 5.10 Å². The number of anilines is 2. The van der Waals surface area contributed by atoms with Crippen molar-refractivity contribution in [3.63, 3.8) is 0 Å². The first-order chi connectivity index (χ1) is 19.6. The molecule has 0 spiro atoms. The molecule has 0 bridgehead atoms. The van der Waals surface area contributed by atoms with Gasteiger partial charge >= 0.3 is 0 Å². The van der Waals surface area contributed by atoms with Crippen LogP contribution in [0.1, 0.15) is 20.7 Å². The number of para-hydroxylation sites is 1. The Morgan fingerprint density at radius 2 is 1.20 bits per heavy atom. The minimum Gasteiger partial charge on any atom is -0.323 e. The highest BCUT2D eigenvalue weighted by molar-refractivity contribution is 6.01. The summed E-state index contributed by atoms with van der Waals surface area (Å²) >= 11 is 0. The number of nitrogens with zero attached hydrogens (tertiary/aromatic N) is 3. The maximum atomic E-state index is 12.6. The Kier molecular flexibility index (Phi) is 6.71. The standard InChI is InChI=1S/C32H24N6O2/c39-30(35-36-31(40)26-16-15-22-9-7-8-12-25(22)21-26)24-17-19-27(20-18-24)33-32-34-29(23-10-3-1-4-11-23)38(37-32)28-13-5-2-6-14-28/h1-21H,(H,33,37)(H,35,39)(H,36,40). The zero-order valence-electron chi connectivity index (χ0n) is 21.3. The van der Waals surface area contributed by atoms with Gasteiger partial charge in [0.15, 0.2) is 5.82 Å². The van der Waals surface area contributed by atoms with Crippen molar-refractivity contribution < 1.29 is 9.59 Å².